The summed E-state index contributed by atoms with van der Waals surface area (Å²) in [6, 6.07) is 1.65. The highest BCUT2D eigenvalue weighted by molar-refractivity contribution is 5.77. The Kier molecular flexibility index (Phi) is 2.14. The van der Waals surface area contributed by atoms with Crippen molar-refractivity contribution in [1.29, 1.82) is 0 Å². The maximum atomic E-state index is 11.5. The van der Waals surface area contributed by atoms with Crippen LogP contribution in [-0.4, -0.2) is 21.5 Å². The molecule has 0 saturated heterocycles. The van der Waals surface area contributed by atoms with Crippen LogP contribution >= 0.6 is 0 Å². The second-order valence-electron chi connectivity index (χ2n) is 2.84. The van der Waals surface area contributed by atoms with Gasteiger partial charge in [0.2, 0.25) is 5.95 Å². The highest BCUT2D eigenvalue weighted by atomic mass is 16.1. The Morgan fingerprint density at radius 2 is 2.43 bits per heavy atom. The maximum Gasteiger partial charge on any atom is 0.260 e. The fourth-order valence-corrected chi connectivity index (χ4v) is 1.24. The molecule has 0 unspecified atom stereocenters. The molecule has 0 aliphatic carbocycles. The molecule has 5 nitrogen and oxygen atoms in total. The molecule has 2 aromatic rings. The van der Waals surface area contributed by atoms with E-state index in [0.29, 0.717) is 23.4 Å². The number of aromatic nitrogens is 3. The van der Waals surface area contributed by atoms with Crippen LogP contribution in [0.15, 0.2) is 23.3 Å². The molecule has 2 rings (SSSR count). The minimum atomic E-state index is -0.145. The Balaban J connectivity index is 2.66. The number of fused-ring (bicyclic) bond motifs is 1. The predicted octanol–water partition coefficient (Wildman–Crippen LogP) is 0.750. The van der Waals surface area contributed by atoms with Gasteiger partial charge in [-0.15, -0.1) is 0 Å². The van der Waals surface area contributed by atoms with Crippen LogP contribution in [0, 0.1) is 0 Å². The van der Waals surface area contributed by atoms with Gasteiger partial charge in [-0.05, 0) is 13.0 Å². The number of hydrogen-bond donors (Lipinski definition) is 2. The molecule has 0 aliphatic rings. The first kappa shape index (κ1) is 8.68. The number of pyridine rings is 1. The molecule has 2 aromatic heterocycles. The number of aromatic amines is 1. The smallest absolute Gasteiger partial charge is 0.260 e. The Morgan fingerprint density at radius 1 is 1.57 bits per heavy atom. The Hall–Kier alpha value is -1.91. The van der Waals surface area contributed by atoms with E-state index in [1.807, 2.05) is 6.92 Å². The van der Waals surface area contributed by atoms with Gasteiger partial charge < -0.3 is 5.32 Å². The maximum absolute atomic E-state index is 11.5. The quantitative estimate of drug-likeness (QED) is 0.733. The topological polar surface area (TPSA) is 70.7 Å². The van der Waals surface area contributed by atoms with Gasteiger partial charge in [-0.25, -0.2) is 4.98 Å². The summed E-state index contributed by atoms with van der Waals surface area (Å²) in [5.41, 5.74) is 0.459. The van der Waals surface area contributed by atoms with Crippen LogP contribution in [0.2, 0.25) is 0 Å². The van der Waals surface area contributed by atoms with Gasteiger partial charge in [0.1, 0.15) is 0 Å². The minimum Gasteiger partial charge on any atom is -0.356 e. The largest absolute Gasteiger partial charge is 0.356 e. The molecule has 72 valence electrons. The van der Waals surface area contributed by atoms with Crippen LogP contribution in [-0.2, 0) is 0 Å². The summed E-state index contributed by atoms with van der Waals surface area (Å²) in [7, 11) is 0. The zero-order valence-electron chi connectivity index (χ0n) is 7.74. The standard InChI is InChI=1S/C9H10N4O/c1-2-11-9-12-7-5-10-4-3-6(7)8(14)13-9/h3-5H,2H2,1H3,(H2,11,12,13,14). The number of H-pyrrole nitrogens is 1. The Labute approximate surface area is 80.2 Å². The number of hydrogen-bond acceptors (Lipinski definition) is 4. The highest BCUT2D eigenvalue weighted by Gasteiger charge is 2.01. The fraction of sp³-hybridized carbons (Fsp3) is 0.222. The lowest BCUT2D eigenvalue weighted by atomic mass is 10.3. The van der Waals surface area contributed by atoms with Crippen LogP contribution in [0.5, 0.6) is 0 Å². The number of rotatable bonds is 2. The molecular weight excluding hydrogens is 180 g/mol. The minimum absolute atomic E-state index is 0.145. The second-order valence-corrected chi connectivity index (χ2v) is 2.84. The van der Waals surface area contributed by atoms with Crippen molar-refractivity contribution in [3.8, 4) is 0 Å². The van der Waals surface area contributed by atoms with Crippen LogP contribution in [0.4, 0.5) is 5.95 Å². The molecule has 0 spiro atoms. The molecule has 0 aromatic carbocycles. The summed E-state index contributed by atoms with van der Waals surface area (Å²) in [6.07, 6.45) is 3.15. The zero-order chi connectivity index (χ0) is 9.97. The van der Waals surface area contributed by atoms with Gasteiger partial charge in [-0.1, -0.05) is 0 Å². The number of nitrogens with zero attached hydrogens (tertiary/aromatic N) is 2. The molecule has 2 heterocycles. The summed E-state index contributed by atoms with van der Waals surface area (Å²) >= 11 is 0. The molecular formula is C9H10N4O. The van der Waals surface area contributed by atoms with Gasteiger partial charge in [-0.2, -0.15) is 0 Å². The molecule has 2 N–H and O–H groups in total. The Morgan fingerprint density at radius 3 is 3.21 bits per heavy atom. The van der Waals surface area contributed by atoms with Crippen LogP contribution in [0.1, 0.15) is 6.92 Å². The van der Waals surface area contributed by atoms with E-state index in [-0.39, 0.29) is 5.56 Å². The van der Waals surface area contributed by atoms with Crippen molar-refractivity contribution < 1.29 is 0 Å². The third-order valence-electron chi connectivity index (χ3n) is 1.85. The van der Waals surface area contributed by atoms with E-state index in [1.165, 1.54) is 0 Å². The van der Waals surface area contributed by atoms with E-state index < -0.39 is 0 Å². The number of anilines is 1. The first-order valence-electron chi connectivity index (χ1n) is 4.39. The van der Waals surface area contributed by atoms with Gasteiger partial charge in [0, 0.05) is 12.7 Å². The molecule has 0 radical (unpaired) electrons. The van der Waals surface area contributed by atoms with Gasteiger partial charge in [-0.3, -0.25) is 14.8 Å². The summed E-state index contributed by atoms with van der Waals surface area (Å²) in [5.74, 6) is 0.484. The first-order chi connectivity index (χ1) is 6.81. The SMILES string of the molecule is CCNc1nc2cnccc2c(=O)[nH]1. The van der Waals surface area contributed by atoms with E-state index in [1.54, 1.807) is 18.5 Å². The van der Waals surface area contributed by atoms with Crippen LogP contribution < -0.4 is 10.9 Å². The van der Waals surface area contributed by atoms with Crippen molar-refractivity contribution in [2.24, 2.45) is 0 Å². The summed E-state index contributed by atoms with van der Waals surface area (Å²) < 4.78 is 0. The normalized spacial score (nSPS) is 10.4. The van der Waals surface area contributed by atoms with E-state index >= 15 is 0 Å². The van der Waals surface area contributed by atoms with Crippen molar-refractivity contribution in [3.63, 3.8) is 0 Å². The van der Waals surface area contributed by atoms with Crippen molar-refractivity contribution in [3.05, 3.63) is 28.8 Å². The third-order valence-corrected chi connectivity index (χ3v) is 1.85. The lowest BCUT2D eigenvalue weighted by Gasteiger charge is -2.02. The lowest BCUT2D eigenvalue weighted by molar-refractivity contribution is 1.08. The van der Waals surface area contributed by atoms with Crippen molar-refractivity contribution in [2.45, 2.75) is 6.92 Å². The second kappa shape index (κ2) is 3.45. The highest BCUT2D eigenvalue weighted by Crippen LogP contribution is 2.05. The number of nitrogens with one attached hydrogen (secondary N) is 2. The van der Waals surface area contributed by atoms with Gasteiger partial charge in [0.05, 0.1) is 17.1 Å². The van der Waals surface area contributed by atoms with Crippen LogP contribution in [0.25, 0.3) is 10.9 Å². The van der Waals surface area contributed by atoms with E-state index in [9.17, 15) is 4.79 Å². The monoisotopic (exact) mass is 190 g/mol. The van der Waals surface area contributed by atoms with Gasteiger partial charge in [0.15, 0.2) is 0 Å². The van der Waals surface area contributed by atoms with Gasteiger partial charge >= 0.3 is 0 Å². The summed E-state index contributed by atoms with van der Waals surface area (Å²) in [4.78, 5) is 22.3. The molecule has 0 bridgehead atoms. The molecule has 14 heavy (non-hydrogen) atoms. The molecule has 5 heteroatoms. The molecule has 0 atom stereocenters. The van der Waals surface area contributed by atoms with E-state index in [4.69, 9.17) is 0 Å². The fourth-order valence-electron chi connectivity index (χ4n) is 1.24. The molecule has 0 aliphatic heterocycles. The van der Waals surface area contributed by atoms with E-state index in [0.717, 1.165) is 0 Å². The summed E-state index contributed by atoms with van der Waals surface area (Å²) in [6.45, 7) is 2.65. The molecule has 0 amide bonds. The third kappa shape index (κ3) is 1.44. The average molecular weight is 190 g/mol. The lowest BCUT2D eigenvalue weighted by Crippen LogP contribution is -2.12. The van der Waals surface area contributed by atoms with Crippen molar-refractivity contribution in [2.75, 3.05) is 11.9 Å². The first-order valence-corrected chi connectivity index (χ1v) is 4.39. The van der Waals surface area contributed by atoms with E-state index in [2.05, 4.69) is 20.3 Å². The summed E-state index contributed by atoms with van der Waals surface area (Å²) in [5, 5.41) is 3.50. The van der Waals surface area contributed by atoms with Crippen molar-refractivity contribution >= 4 is 16.9 Å². The average Bonchev–Trinajstić information content (AvgIpc) is 2.18. The van der Waals surface area contributed by atoms with Crippen LogP contribution in [0.3, 0.4) is 0 Å². The predicted molar refractivity (Wildman–Crippen MR) is 54.3 cm³/mol. The Bertz CT molecular complexity index is 505. The van der Waals surface area contributed by atoms with Gasteiger partial charge in [0.25, 0.3) is 5.56 Å². The zero-order valence-corrected chi connectivity index (χ0v) is 7.74. The van der Waals surface area contributed by atoms with Crippen molar-refractivity contribution in [1.82, 2.24) is 15.0 Å². The molecule has 0 fully saturated rings. The molecule has 0 saturated carbocycles.